The minimum Gasteiger partial charge on any atom is -0.317 e. The van der Waals surface area contributed by atoms with Gasteiger partial charge in [0.05, 0.1) is 11.5 Å². The third kappa shape index (κ3) is 3.11. The predicted octanol–water partition coefficient (Wildman–Crippen LogP) is 2.30. The molecule has 0 radical (unpaired) electrons. The Balaban J connectivity index is 1.73. The first-order chi connectivity index (χ1) is 10.3. The molecular weight excluding hydrogens is 264 g/mol. The van der Waals surface area contributed by atoms with Crippen molar-refractivity contribution in [3.8, 4) is 0 Å². The van der Waals surface area contributed by atoms with Crippen LogP contribution in [0.25, 0.3) is 0 Å². The van der Waals surface area contributed by atoms with Gasteiger partial charge in [-0.05, 0) is 44.3 Å². The van der Waals surface area contributed by atoms with E-state index in [4.69, 9.17) is 4.84 Å². The second kappa shape index (κ2) is 6.58. The molecule has 1 amide bonds. The van der Waals surface area contributed by atoms with Gasteiger partial charge in [0.25, 0.3) is 5.91 Å². The van der Waals surface area contributed by atoms with Gasteiger partial charge >= 0.3 is 0 Å². The summed E-state index contributed by atoms with van der Waals surface area (Å²) in [5.74, 6) is 0.0158. The maximum absolute atomic E-state index is 12.8. The van der Waals surface area contributed by atoms with Crippen molar-refractivity contribution in [2.75, 3.05) is 13.1 Å². The van der Waals surface area contributed by atoms with Crippen molar-refractivity contribution in [3.63, 3.8) is 0 Å². The number of carbonyl (C=O) groups is 1. The molecule has 4 heteroatoms. The zero-order valence-electron chi connectivity index (χ0n) is 12.4. The fourth-order valence-corrected chi connectivity index (χ4v) is 3.50. The van der Waals surface area contributed by atoms with Crippen molar-refractivity contribution in [1.29, 1.82) is 0 Å². The van der Waals surface area contributed by atoms with E-state index in [1.54, 1.807) is 0 Å². The number of hydrogen-bond acceptors (Lipinski definition) is 3. The third-order valence-electron chi connectivity index (χ3n) is 4.84. The van der Waals surface area contributed by atoms with Crippen LogP contribution in [0.4, 0.5) is 0 Å². The van der Waals surface area contributed by atoms with E-state index in [0.717, 1.165) is 44.3 Å². The summed E-state index contributed by atoms with van der Waals surface area (Å²) in [7, 11) is 0. The van der Waals surface area contributed by atoms with E-state index in [9.17, 15) is 4.79 Å². The van der Waals surface area contributed by atoms with Crippen LogP contribution in [0.3, 0.4) is 0 Å². The molecule has 1 aliphatic carbocycles. The third-order valence-corrected chi connectivity index (χ3v) is 4.84. The summed E-state index contributed by atoms with van der Waals surface area (Å²) in [5, 5.41) is 3.34. The topological polar surface area (TPSA) is 50.4 Å². The van der Waals surface area contributed by atoms with E-state index in [0.29, 0.717) is 0 Å². The molecule has 1 saturated carbocycles. The molecule has 2 N–H and O–H groups in total. The molecule has 4 nitrogen and oxygen atoms in total. The van der Waals surface area contributed by atoms with Crippen LogP contribution in [0, 0.1) is 0 Å². The average Bonchev–Trinajstić information content (AvgIpc) is 3.07. The molecule has 0 atom stereocenters. The van der Waals surface area contributed by atoms with E-state index >= 15 is 0 Å². The number of benzene rings is 1. The summed E-state index contributed by atoms with van der Waals surface area (Å²) in [6.45, 7) is 1.73. The molecule has 1 heterocycles. The SMILES string of the molecule is O=C(NOC1CCCC1)C1(c2ccccc2)CCNCC1. The molecule has 0 unspecified atom stereocenters. The summed E-state index contributed by atoms with van der Waals surface area (Å²) in [6.07, 6.45) is 6.35. The Hall–Kier alpha value is -1.39. The quantitative estimate of drug-likeness (QED) is 0.836. The number of hydroxylamine groups is 1. The average molecular weight is 288 g/mol. The Morgan fingerprint density at radius 2 is 1.81 bits per heavy atom. The summed E-state index contributed by atoms with van der Waals surface area (Å²) < 4.78 is 0. The molecule has 0 bridgehead atoms. The van der Waals surface area contributed by atoms with Crippen LogP contribution in [0.2, 0.25) is 0 Å². The second-order valence-electron chi connectivity index (χ2n) is 6.15. The Kier molecular flexibility index (Phi) is 4.56. The zero-order valence-corrected chi connectivity index (χ0v) is 12.4. The van der Waals surface area contributed by atoms with Crippen LogP contribution < -0.4 is 10.8 Å². The normalized spacial score (nSPS) is 22.1. The van der Waals surface area contributed by atoms with Gasteiger partial charge in [0.1, 0.15) is 0 Å². The van der Waals surface area contributed by atoms with Gasteiger partial charge in [-0.2, -0.15) is 0 Å². The van der Waals surface area contributed by atoms with Gasteiger partial charge in [0, 0.05) is 0 Å². The monoisotopic (exact) mass is 288 g/mol. The highest BCUT2D eigenvalue weighted by molar-refractivity contribution is 5.87. The highest BCUT2D eigenvalue weighted by Crippen LogP contribution is 2.34. The van der Waals surface area contributed by atoms with Crippen molar-refractivity contribution in [3.05, 3.63) is 35.9 Å². The number of amides is 1. The molecule has 2 aliphatic rings. The first kappa shape index (κ1) is 14.5. The fraction of sp³-hybridized carbons (Fsp3) is 0.588. The van der Waals surface area contributed by atoms with Gasteiger partial charge in [0.2, 0.25) is 0 Å². The lowest BCUT2D eigenvalue weighted by Crippen LogP contribution is -2.51. The minimum absolute atomic E-state index is 0.0158. The molecule has 1 aromatic rings. The number of hydrogen-bond donors (Lipinski definition) is 2. The lowest BCUT2D eigenvalue weighted by atomic mass is 9.72. The number of piperidine rings is 1. The summed E-state index contributed by atoms with van der Waals surface area (Å²) in [4.78, 5) is 18.5. The summed E-state index contributed by atoms with van der Waals surface area (Å²) in [5.41, 5.74) is 3.41. The minimum atomic E-state index is -0.453. The highest BCUT2D eigenvalue weighted by atomic mass is 16.7. The maximum atomic E-state index is 12.8. The van der Waals surface area contributed by atoms with Crippen LogP contribution >= 0.6 is 0 Å². The molecule has 1 aliphatic heterocycles. The smallest absolute Gasteiger partial charge is 0.254 e. The van der Waals surface area contributed by atoms with E-state index in [1.165, 1.54) is 12.8 Å². The van der Waals surface area contributed by atoms with Gasteiger partial charge in [-0.25, -0.2) is 5.48 Å². The van der Waals surface area contributed by atoms with E-state index in [1.807, 2.05) is 18.2 Å². The van der Waals surface area contributed by atoms with Gasteiger partial charge < -0.3 is 5.32 Å². The molecule has 0 spiro atoms. The van der Waals surface area contributed by atoms with Crippen LogP contribution in [0.15, 0.2) is 30.3 Å². The zero-order chi connectivity index (χ0) is 14.5. The van der Waals surface area contributed by atoms with Crippen molar-refractivity contribution >= 4 is 5.91 Å². The summed E-state index contributed by atoms with van der Waals surface area (Å²) >= 11 is 0. The molecule has 114 valence electrons. The van der Waals surface area contributed by atoms with Crippen molar-refractivity contribution in [1.82, 2.24) is 10.8 Å². The van der Waals surface area contributed by atoms with Crippen molar-refractivity contribution in [2.24, 2.45) is 0 Å². The molecule has 21 heavy (non-hydrogen) atoms. The maximum Gasteiger partial charge on any atom is 0.254 e. The lowest BCUT2D eigenvalue weighted by Gasteiger charge is -2.36. The van der Waals surface area contributed by atoms with Gasteiger partial charge in [-0.1, -0.05) is 43.2 Å². The highest BCUT2D eigenvalue weighted by Gasteiger charge is 2.41. The standard InChI is InChI=1S/C17H24N2O2/c20-16(19-21-15-8-4-5-9-15)17(10-12-18-13-11-17)14-6-2-1-3-7-14/h1-3,6-7,15,18H,4-5,8-13H2,(H,19,20). The molecule has 2 fully saturated rings. The van der Waals surface area contributed by atoms with Crippen LogP contribution in [0.5, 0.6) is 0 Å². The molecule has 1 saturated heterocycles. The summed E-state index contributed by atoms with van der Waals surface area (Å²) in [6, 6.07) is 10.1. The van der Waals surface area contributed by atoms with Crippen LogP contribution in [-0.4, -0.2) is 25.1 Å². The number of carbonyl (C=O) groups excluding carboxylic acids is 1. The fourth-order valence-electron chi connectivity index (χ4n) is 3.50. The molecule has 0 aromatic heterocycles. The molecule has 1 aromatic carbocycles. The number of rotatable bonds is 4. The Morgan fingerprint density at radius 3 is 2.48 bits per heavy atom. The largest absolute Gasteiger partial charge is 0.317 e. The second-order valence-corrected chi connectivity index (χ2v) is 6.15. The van der Waals surface area contributed by atoms with Gasteiger partial charge in [-0.15, -0.1) is 0 Å². The van der Waals surface area contributed by atoms with Crippen LogP contribution in [-0.2, 0) is 15.0 Å². The molecule has 3 rings (SSSR count). The lowest BCUT2D eigenvalue weighted by molar-refractivity contribution is -0.145. The Bertz CT molecular complexity index is 463. The van der Waals surface area contributed by atoms with E-state index in [2.05, 4.69) is 22.9 Å². The van der Waals surface area contributed by atoms with Gasteiger partial charge in [-0.3, -0.25) is 9.63 Å². The number of nitrogens with one attached hydrogen (secondary N) is 2. The predicted molar refractivity (Wildman–Crippen MR) is 81.7 cm³/mol. The Morgan fingerprint density at radius 1 is 1.14 bits per heavy atom. The van der Waals surface area contributed by atoms with E-state index in [-0.39, 0.29) is 12.0 Å². The van der Waals surface area contributed by atoms with Crippen molar-refractivity contribution in [2.45, 2.75) is 50.0 Å². The Labute approximate surface area is 126 Å². The first-order valence-corrected chi connectivity index (χ1v) is 8.04. The van der Waals surface area contributed by atoms with E-state index < -0.39 is 5.41 Å². The van der Waals surface area contributed by atoms with Crippen LogP contribution in [0.1, 0.15) is 44.1 Å². The van der Waals surface area contributed by atoms with Gasteiger partial charge in [0.15, 0.2) is 0 Å². The van der Waals surface area contributed by atoms with Crippen molar-refractivity contribution < 1.29 is 9.63 Å². The first-order valence-electron chi connectivity index (χ1n) is 8.04. The molecular formula is C17H24N2O2.